The first-order valence-corrected chi connectivity index (χ1v) is 11.7. The summed E-state index contributed by atoms with van der Waals surface area (Å²) in [6.07, 6.45) is 5.80. The van der Waals surface area contributed by atoms with Gasteiger partial charge in [-0.05, 0) is 43.5 Å². The van der Waals surface area contributed by atoms with Crippen LogP contribution < -0.4 is 5.69 Å². The minimum Gasteiger partial charge on any atom is -0.289 e. The fraction of sp³-hybridized carbons (Fsp3) is 0.375. The molecule has 0 unspecified atom stereocenters. The molecule has 0 fully saturated rings. The van der Waals surface area contributed by atoms with Crippen LogP contribution in [-0.2, 0) is 13.0 Å². The first kappa shape index (κ1) is 22.9. The Bertz CT molecular complexity index is 1260. The van der Waals surface area contributed by atoms with Gasteiger partial charge in [0, 0.05) is 23.4 Å². The third kappa shape index (κ3) is 4.75. The van der Waals surface area contributed by atoms with E-state index in [2.05, 4.69) is 32.5 Å². The Morgan fingerprint density at radius 1 is 1.09 bits per heavy atom. The van der Waals surface area contributed by atoms with E-state index in [0.29, 0.717) is 17.5 Å². The predicted molar refractivity (Wildman–Crippen MR) is 129 cm³/mol. The molecule has 33 heavy (non-hydrogen) atoms. The highest BCUT2D eigenvalue weighted by atomic mass is 35.5. The molecular formula is C24H28ClN7O. The van der Waals surface area contributed by atoms with E-state index >= 15 is 0 Å². The number of tetrazole rings is 1. The molecule has 3 aromatic heterocycles. The molecule has 0 saturated heterocycles. The molecule has 4 rings (SSSR count). The molecule has 4 aromatic rings. The van der Waals surface area contributed by atoms with Gasteiger partial charge in [0.2, 0.25) is 5.82 Å². The smallest absolute Gasteiger partial charge is 0.289 e. The van der Waals surface area contributed by atoms with E-state index in [-0.39, 0.29) is 11.7 Å². The van der Waals surface area contributed by atoms with Gasteiger partial charge >= 0.3 is 5.69 Å². The quantitative estimate of drug-likeness (QED) is 0.354. The van der Waals surface area contributed by atoms with Gasteiger partial charge in [-0.25, -0.2) is 4.79 Å². The van der Waals surface area contributed by atoms with Crippen molar-refractivity contribution in [2.75, 3.05) is 0 Å². The summed E-state index contributed by atoms with van der Waals surface area (Å²) in [7, 11) is 0. The van der Waals surface area contributed by atoms with E-state index in [9.17, 15) is 4.79 Å². The van der Waals surface area contributed by atoms with Crippen LogP contribution in [-0.4, -0.2) is 34.7 Å². The summed E-state index contributed by atoms with van der Waals surface area (Å²) in [5.74, 6) is 0.530. The molecule has 0 aliphatic carbocycles. The van der Waals surface area contributed by atoms with Gasteiger partial charge in [-0.2, -0.15) is 5.21 Å². The molecule has 1 aromatic carbocycles. The highest BCUT2D eigenvalue weighted by molar-refractivity contribution is 6.30. The number of hydrogen-bond acceptors (Lipinski definition) is 5. The van der Waals surface area contributed by atoms with Crippen molar-refractivity contribution in [3.05, 3.63) is 69.6 Å². The lowest BCUT2D eigenvalue weighted by atomic mass is 10.0. The fourth-order valence-electron chi connectivity index (χ4n) is 4.02. The lowest BCUT2D eigenvalue weighted by molar-refractivity contribution is 0.558. The summed E-state index contributed by atoms with van der Waals surface area (Å²) in [6, 6.07) is 11.8. The van der Waals surface area contributed by atoms with Gasteiger partial charge in [0.05, 0.1) is 17.9 Å². The van der Waals surface area contributed by atoms with Gasteiger partial charge in [-0.15, -0.1) is 10.2 Å². The zero-order chi connectivity index (χ0) is 23.4. The Hall–Kier alpha value is -3.26. The Labute approximate surface area is 197 Å². The van der Waals surface area contributed by atoms with Crippen LogP contribution >= 0.6 is 11.6 Å². The first-order valence-electron chi connectivity index (χ1n) is 11.3. The third-order valence-electron chi connectivity index (χ3n) is 5.72. The summed E-state index contributed by atoms with van der Waals surface area (Å²) in [5.41, 5.74) is 4.37. The maximum Gasteiger partial charge on any atom is 0.330 e. The molecule has 0 bridgehead atoms. The zero-order valence-electron chi connectivity index (χ0n) is 19.1. The number of unbranched alkanes of at least 4 members (excludes halogenated alkanes) is 2. The van der Waals surface area contributed by atoms with E-state index in [1.54, 1.807) is 9.13 Å². The monoisotopic (exact) mass is 465 g/mol. The number of pyridine rings is 1. The topological polar surface area (TPSA) is 94.3 Å². The van der Waals surface area contributed by atoms with Crippen LogP contribution in [0.3, 0.4) is 0 Å². The van der Waals surface area contributed by atoms with Gasteiger partial charge in [0.25, 0.3) is 0 Å². The van der Waals surface area contributed by atoms with Gasteiger partial charge in [-0.1, -0.05) is 61.7 Å². The SMILES string of the molecule is CCCCCc1c(Cl)n(C(C)C)c(=O)n1Cc1ccc(-c2ccccc2-c2nn[nH]n2)cn1. The molecule has 1 N–H and O–H groups in total. The maximum atomic E-state index is 13.1. The van der Waals surface area contributed by atoms with Crippen molar-refractivity contribution >= 4 is 11.6 Å². The Kier molecular flexibility index (Phi) is 7.03. The number of halogens is 1. The average molecular weight is 466 g/mol. The second kappa shape index (κ2) is 10.1. The summed E-state index contributed by atoms with van der Waals surface area (Å²) in [5, 5.41) is 14.9. The first-order chi connectivity index (χ1) is 16.0. The summed E-state index contributed by atoms with van der Waals surface area (Å²) >= 11 is 6.65. The number of nitrogens with zero attached hydrogens (tertiary/aromatic N) is 6. The van der Waals surface area contributed by atoms with Crippen molar-refractivity contribution in [2.24, 2.45) is 0 Å². The molecule has 0 atom stereocenters. The normalized spacial score (nSPS) is 11.4. The van der Waals surface area contributed by atoms with Gasteiger partial charge in [0.1, 0.15) is 5.15 Å². The number of rotatable bonds is 9. The van der Waals surface area contributed by atoms with Gasteiger partial charge in [-0.3, -0.25) is 14.1 Å². The second-order valence-electron chi connectivity index (χ2n) is 8.35. The van der Waals surface area contributed by atoms with E-state index in [1.165, 1.54) is 0 Å². The minimum absolute atomic E-state index is 0.00634. The number of aromatic amines is 1. The van der Waals surface area contributed by atoms with Crippen LogP contribution in [0.25, 0.3) is 22.5 Å². The Morgan fingerprint density at radius 3 is 2.52 bits per heavy atom. The van der Waals surface area contributed by atoms with E-state index in [0.717, 1.165) is 53.8 Å². The maximum absolute atomic E-state index is 13.1. The third-order valence-corrected chi connectivity index (χ3v) is 6.12. The molecule has 172 valence electrons. The van der Waals surface area contributed by atoms with E-state index < -0.39 is 0 Å². The largest absolute Gasteiger partial charge is 0.330 e. The van der Waals surface area contributed by atoms with Crippen LogP contribution in [0, 0.1) is 0 Å². The molecule has 8 nitrogen and oxygen atoms in total. The van der Waals surface area contributed by atoms with Crippen LogP contribution in [0.1, 0.15) is 57.5 Å². The van der Waals surface area contributed by atoms with Crippen molar-refractivity contribution in [1.82, 2.24) is 34.7 Å². The summed E-state index contributed by atoms with van der Waals surface area (Å²) < 4.78 is 3.44. The predicted octanol–water partition coefficient (Wildman–Crippen LogP) is 4.91. The standard InChI is InChI=1S/C24H28ClN7O/c1-4-5-6-11-21-22(25)32(16(2)3)24(33)31(21)15-18-13-12-17(14-26-18)19-9-7-8-10-20(19)23-27-29-30-28-23/h7-10,12-14,16H,4-6,11,15H2,1-3H3,(H,27,28,29,30). The van der Waals surface area contributed by atoms with Crippen LogP contribution in [0.4, 0.5) is 0 Å². The Morgan fingerprint density at radius 2 is 1.88 bits per heavy atom. The summed E-state index contributed by atoms with van der Waals surface area (Å²) in [4.78, 5) is 17.8. The molecular weight excluding hydrogens is 438 g/mol. The molecule has 0 spiro atoms. The van der Waals surface area contributed by atoms with Crippen molar-refractivity contribution in [3.63, 3.8) is 0 Å². The average Bonchev–Trinajstić information content (AvgIpc) is 3.43. The minimum atomic E-state index is -0.0881. The summed E-state index contributed by atoms with van der Waals surface area (Å²) in [6.45, 7) is 6.49. The van der Waals surface area contributed by atoms with Crippen molar-refractivity contribution in [1.29, 1.82) is 0 Å². The van der Waals surface area contributed by atoms with Crippen LogP contribution in [0.15, 0.2) is 47.4 Å². The molecule has 0 saturated carbocycles. The zero-order valence-corrected chi connectivity index (χ0v) is 19.9. The highest BCUT2D eigenvalue weighted by Gasteiger charge is 2.20. The fourth-order valence-corrected chi connectivity index (χ4v) is 4.48. The number of benzene rings is 1. The molecule has 0 amide bonds. The van der Waals surface area contributed by atoms with Crippen molar-refractivity contribution in [3.8, 4) is 22.5 Å². The number of aromatic nitrogens is 7. The highest BCUT2D eigenvalue weighted by Crippen LogP contribution is 2.29. The van der Waals surface area contributed by atoms with Gasteiger partial charge in [0.15, 0.2) is 0 Å². The number of H-pyrrole nitrogens is 1. The number of imidazole rings is 1. The Balaban J connectivity index is 1.65. The molecule has 0 radical (unpaired) electrons. The lowest BCUT2D eigenvalue weighted by Gasteiger charge is -2.09. The van der Waals surface area contributed by atoms with Crippen LogP contribution in [0.5, 0.6) is 0 Å². The number of hydrogen-bond donors (Lipinski definition) is 1. The van der Waals surface area contributed by atoms with Crippen molar-refractivity contribution in [2.45, 2.75) is 59.0 Å². The van der Waals surface area contributed by atoms with E-state index in [1.807, 2.05) is 56.4 Å². The lowest BCUT2D eigenvalue weighted by Crippen LogP contribution is -2.27. The van der Waals surface area contributed by atoms with Crippen molar-refractivity contribution < 1.29 is 0 Å². The van der Waals surface area contributed by atoms with Gasteiger partial charge < -0.3 is 0 Å². The second-order valence-corrected chi connectivity index (χ2v) is 8.70. The molecule has 0 aliphatic rings. The molecule has 9 heteroatoms. The molecule has 3 heterocycles. The van der Waals surface area contributed by atoms with Crippen LogP contribution in [0.2, 0.25) is 5.15 Å². The van der Waals surface area contributed by atoms with E-state index in [4.69, 9.17) is 11.6 Å². The molecule has 0 aliphatic heterocycles. The number of nitrogens with one attached hydrogen (secondary N) is 1.